The molecule has 0 amide bonds. The van der Waals surface area contributed by atoms with Gasteiger partial charge in [0.1, 0.15) is 0 Å². The van der Waals surface area contributed by atoms with E-state index in [0.29, 0.717) is 6.04 Å². The molecule has 1 aromatic rings. The highest BCUT2D eigenvalue weighted by atomic mass is 79.9. The van der Waals surface area contributed by atoms with Gasteiger partial charge in [0.2, 0.25) is 0 Å². The number of aryl methyl sites for hydroxylation is 1. The van der Waals surface area contributed by atoms with E-state index in [2.05, 4.69) is 53.3 Å². The van der Waals surface area contributed by atoms with Gasteiger partial charge in [-0.15, -0.1) is 0 Å². The molecule has 2 rings (SSSR count). The third-order valence-corrected chi connectivity index (χ3v) is 4.51. The highest BCUT2D eigenvalue weighted by molar-refractivity contribution is 9.10. The van der Waals surface area contributed by atoms with Crippen molar-refractivity contribution in [2.45, 2.75) is 45.6 Å². The van der Waals surface area contributed by atoms with Crippen LogP contribution in [0.4, 0.5) is 5.69 Å². The summed E-state index contributed by atoms with van der Waals surface area (Å²) in [6.07, 6.45) is 5.46. The summed E-state index contributed by atoms with van der Waals surface area (Å²) in [6, 6.07) is 7.18. The van der Waals surface area contributed by atoms with Gasteiger partial charge in [-0.2, -0.15) is 0 Å². The monoisotopic (exact) mass is 281 g/mol. The smallest absolute Gasteiger partial charge is 0.0345 e. The van der Waals surface area contributed by atoms with Crippen molar-refractivity contribution in [1.29, 1.82) is 0 Å². The second kappa shape index (κ2) is 5.22. The average molecular weight is 282 g/mol. The van der Waals surface area contributed by atoms with Crippen molar-refractivity contribution < 1.29 is 0 Å². The van der Waals surface area contributed by atoms with Crippen molar-refractivity contribution in [2.75, 3.05) is 5.32 Å². The molecule has 2 heteroatoms. The van der Waals surface area contributed by atoms with Gasteiger partial charge >= 0.3 is 0 Å². The summed E-state index contributed by atoms with van der Waals surface area (Å²) >= 11 is 3.54. The van der Waals surface area contributed by atoms with Crippen LogP contribution in [0.3, 0.4) is 0 Å². The highest BCUT2D eigenvalue weighted by Gasteiger charge is 2.20. The summed E-state index contributed by atoms with van der Waals surface area (Å²) in [7, 11) is 0. The number of anilines is 1. The molecule has 2 atom stereocenters. The number of hydrogen-bond donors (Lipinski definition) is 1. The van der Waals surface area contributed by atoms with Crippen LogP contribution in [0.2, 0.25) is 0 Å². The summed E-state index contributed by atoms with van der Waals surface area (Å²) in [5, 5.41) is 3.68. The van der Waals surface area contributed by atoms with Gasteiger partial charge in [-0.1, -0.05) is 35.7 Å². The SMILES string of the molecule is Cc1cc(NC2CCCCC2C)ccc1Br. The van der Waals surface area contributed by atoms with Crippen molar-refractivity contribution in [1.82, 2.24) is 0 Å². The van der Waals surface area contributed by atoms with E-state index in [1.165, 1.54) is 41.4 Å². The molecule has 2 unspecified atom stereocenters. The lowest BCUT2D eigenvalue weighted by Crippen LogP contribution is -2.30. The Morgan fingerprint density at radius 2 is 2.00 bits per heavy atom. The van der Waals surface area contributed by atoms with E-state index in [4.69, 9.17) is 0 Å². The van der Waals surface area contributed by atoms with E-state index >= 15 is 0 Å². The van der Waals surface area contributed by atoms with Crippen LogP contribution in [0.5, 0.6) is 0 Å². The molecule has 1 aromatic carbocycles. The molecule has 0 aliphatic heterocycles. The molecule has 0 bridgehead atoms. The lowest BCUT2D eigenvalue weighted by Gasteiger charge is -2.30. The van der Waals surface area contributed by atoms with E-state index < -0.39 is 0 Å². The number of hydrogen-bond acceptors (Lipinski definition) is 1. The number of halogens is 1. The molecule has 0 aromatic heterocycles. The van der Waals surface area contributed by atoms with Crippen molar-refractivity contribution in [3.8, 4) is 0 Å². The quantitative estimate of drug-likeness (QED) is 0.825. The lowest BCUT2D eigenvalue weighted by atomic mass is 9.86. The maximum atomic E-state index is 3.68. The van der Waals surface area contributed by atoms with Gasteiger partial charge in [0.05, 0.1) is 0 Å². The molecular formula is C14H20BrN. The van der Waals surface area contributed by atoms with Crippen LogP contribution in [0, 0.1) is 12.8 Å². The predicted octanol–water partition coefficient (Wildman–Crippen LogP) is 4.75. The van der Waals surface area contributed by atoms with Gasteiger partial charge < -0.3 is 5.32 Å². The summed E-state index contributed by atoms with van der Waals surface area (Å²) in [4.78, 5) is 0. The Kier molecular flexibility index (Phi) is 3.91. The Morgan fingerprint density at radius 1 is 1.25 bits per heavy atom. The van der Waals surface area contributed by atoms with E-state index in [1.54, 1.807) is 0 Å². The first-order chi connectivity index (χ1) is 7.66. The first kappa shape index (κ1) is 12.0. The largest absolute Gasteiger partial charge is 0.382 e. The molecular weight excluding hydrogens is 262 g/mol. The van der Waals surface area contributed by atoms with Crippen LogP contribution in [-0.2, 0) is 0 Å². The van der Waals surface area contributed by atoms with Crippen molar-refractivity contribution in [2.24, 2.45) is 5.92 Å². The zero-order valence-electron chi connectivity index (χ0n) is 10.1. The average Bonchev–Trinajstić information content (AvgIpc) is 2.27. The van der Waals surface area contributed by atoms with Crippen LogP contribution in [0.15, 0.2) is 22.7 Å². The normalized spacial score (nSPS) is 25.4. The second-order valence-corrected chi connectivity index (χ2v) is 5.83. The summed E-state index contributed by atoms with van der Waals surface area (Å²) in [5.74, 6) is 0.803. The molecule has 16 heavy (non-hydrogen) atoms. The van der Waals surface area contributed by atoms with E-state index in [9.17, 15) is 0 Å². The van der Waals surface area contributed by atoms with Gasteiger partial charge in [0.15, 0.2) is 0 Å². The summed E-state index contributed by atoms with van der Waals surface area (Å²) in [6.45, 7) is 4.50. The maximum absolute atomic E-state index is 3.68. The van der Waals surface area contributed by atoms with Crippen LogP contribution < -0.4 is 5.32 Å². The molecule has 0 saturated heterocycles. The standard InChI is InChI=1S/C14H20BrN/c1-10-5-3-4-6-14(10)16-12-7-8-13(15)11(2)9-12/h7-10,14,16H,3-6H2,1-2H3. The molecule has 1 aliphatic carbocycles. The Balaban J connectivity index is 2.05. The van der Waals surface area contributed by atoms with Gasteiger partial charge in [-0.3, -0.25) is 0 Å². The maximum Gasteiger partial charge on any atom is 0.0345 e. The number of rotatable bonds is 2. The zero-order valence-corrected chi connectivity index (χ0v) is 11.7. The van der Waals surface area contributed by atoms with Crippen molar-refractivity contribution >= 4 is 21.6 Å². The molecule has 0 radical (unpaired) electrons. The topological polar surface area (TPSA) is 12.0 Å². The van der Waals surface area contributed by atoms with Gasteiger partial charge in [-0.05, 0) is 49.4 Å². The van der Waals surface area contributed by atoms with E-state index in [-0.39, 0.29) is 0 Å². The zero-order chi connectivity index (χ0) is 11.5. The van der Waals surface area contributed by atoms with E-state index in [0.717, 1.165) is 5.92 Å². The first-order valence-electron chi connectivity index (χ1n) is 6.19. The molecule has 1 aliphatic rings. The molecule has 1 N–H and O–H groups in total. The Labute approximate surface area is 107 Å². The van der Waals surface area contributed by atoms with Gasteiger partial charge in [0.25, 0.3) is 0 Å². The molecule has 1 saturated carbocycles. The van der Waals surface area contributed by atoms with E-state index in [1.807, 2.05) is 0 Å². The fourth-order valence-corrected chi connectivity index (χ4v) is 2.73. The highest BCUT2D eigenvalue weighted by Crippen LogP contribution is 2.28. The second-order valence-electron chi connectivity index (χ2n) is 4.98. The third-order valence-electron chi connectivity index (χ3n) is 3.62. The third kappa shape index (κ3) is 2.79. The van der Waals surface area contributed by atoms with Gasteiger partial charge in [-0.25, -0.2) is 0 Å². The lowest BCUT2D eigenvalue weighted by molar-refractivity contribution is 0.349. The summed E-state index contributed by atoms with van der Waals surface area (Å²) in [5.41, 5.74) is 2.56. The minimum absolute atomic E-state index is 0.661. The Bertz CT molecular complexity index is 362. The Hall–Kier alpha value is -0.500. The first-order valence-corrected chi connectivity index (χ1v) is 6.99. The molecule has 88 valence electrons. The molecule has 1 nitrogen and oxygen atoms in total. The van der Waals surface area contributed by atoms with Crippen molar-refractivity contribution in [3.63, 3.8) is 0 Å². The minimum atomic E-state index is 0.661. The summed E-state index contributed by atoms with van der Waals surface area (Å²) < 4.78 is 1.19. The number of benzene rings is 1. The minimum Gasteiger partial charge on any atom is -0.382 e. The van der Waals surface area contributed by atoms with Crippen molar-refractivity contribution in [3.05, 3.63) is 28.2 Å². The fourth-order valence-electron chi connectivity index (χ4n) is 2.48. The molecule has 0 spiro atoms. The van der Waals surface area contributed by atoms with Crippen LogP contribution in [0.25, 0.3) is 0 Å². The molecule has 1 fully saturated rings. The Morgan fingerprint density at radius 3 is 2.69 bits per heavy atom. The predicted molar refractivity (Wildman–Crippen MR) is 73.9 cm³/mol. The molecule has 0 heterocycles. The number of nitrogens with one attached hydrogen (secondary N) is 1. The van der Waals surface area contributed by atoms with Gasteiger partial charge in [0, 0.05) is 16.2 Å². The fraction of sp³-hybridized carbons (Fsp3) is 0.571. The van der Waals surface area contributed by atoms with Crippen LogP contribution in [0.1, 0.15) is 38.2 Å². The van der Waals surface area contributed by atoms with Crippen LogP contribution in [-0.4, -0.2) is 6.04 Å². The van der Waals surface area contributed by atoms with Crippen LogP contribution >= 0.6 is 15.9 Å².